The predicted octanol–water partition coefficient (Wildman–Crippen LogP) is 2.18. The number of carbonyl (C=O) groups excluding carboxylic acids is 1. The van der Waals surface area contributed by atoms with Crippen molar-refractivity contribution in [3.05, 3.63) is 43.5 Å². The topological polar surface area (TPSA) is 76.9 Å². The Morgan fingerprint density at radius 3 is 2.57 bits per heavy atom. The molecule has 0 saturated carbocycles. The highest BCUT2D eigenvalue weighted by atomic mass is 32.1. The van der Waals surface area contributed by atoms with E-state index in [0.717, 1.165) is 16.4 Å². The molecule has 23 heavy (non-hydrogen) atoms. The Labute approximate surface area is 139 Å². The maximum absolute atomic E-state index is 12.3. The van der Waals surface area contributed by atoms with Crippen LogP contribution in [0.3, 0.4) is 0 Å². The van der Waals surface area contributed by atoms with Crippen molar-refractivity contribution in [2.24, 2.45) is 0 Å². The van der Waals surface area contributed by atoms with Crippen molar-refractivity contribution in [2.45, 2.75) is 47.1 Å². The van der Waals surface area contributed by atoms with E-state index in [1.54, 1.807) is 11.5 Å². The van der Waals surface area contributed by atoms with Crippen LogP contribution in [0.4, 0.5) is 0 Å². The van der Waals surface area contributed by atoms with E-state index >= 15 is 0 Å². The van der Waals surface area contributed by atoms with Crippen molar-refractivity contribution in [2.75, 3.05) is 6.54 Å². The van der Waals surface area contributed by atoms with Gasteiger partial charge in [0.15, 0.2) is 0 Å². The van der Waals surface area contributed by atoms with Crippen LogP contribution in [0, 0.1) is 20.8 Å². The molecule has 6 nitrogen and oxygen atoms in total. The molecule has 0 radical (unpaired) electrons. The van der Waals surface area contributed by atoms with Crippen LogP contribution in [0.25, 0.3) is 0 Å². The average molecular weight is 334 g/mol. The summed E-state index contributed by atoms with van der Waals surface area (Å²) >= 11 is 1.43. The van der Waals surface area contributed by atoms with Crippen LogP contribution in [-0.2, 0) is 6.54 Å². The summed E-state index contributed by atoms with van der Waals surface area (Å²) in [7, 11) is 0. The average Bonchev–Trinajstić information content (AvgIpc) is 2.83. The number of rotatable bonds is 5. The number of thiazole rings is 1. The number of aromatic nitrogens is 3. The lowest BCUT2D eigenvalue weighted by Gasteiger charge is -2.10. The highest BCUT2D eigenvalue weighted by Gasteiger charge is 2.16. The van der Waals surface area contributed by atoms with Crippen LogP contribution in [0.15, 0.2) is 10.9 Å². The minimum Gasteiger partial charge on any atom is -0.349 e. The monoisotopic (exact) mass is 334 g/mol. The SMILES string of the molecule is Cc1cc(C)n(CCNC(=O)c2sc(C(C)C)nc2C)c(=O)n1. The molecular formula is C16H22N4O2S. The fraction of sp³-hybridized carbons (Fsp3) is 0.500. The maximum Gasteiger partial charge on any atom is 0.348 e. The summed E-state index contributed by atoms with van der Waals surface area (Å²) in [6.45, 7) is 10.4. The van der Waals surface area contributed by atoms with Gasteiger partial charge in [0.25, 0.3) is 5.91 Å². The zero-order chi connectivity index (χ0) is 17.1. The van der Waals surface area contributed by atoms with Crippen LogP contribution in [0.1, 0.15) is 51.5 Å². The first kappa shape index (κ1) is 17.3. The van der Waals surface area contributed by atoms with Gasteiger partial charge in [0.05, 0.1) is 10.7 Å². The lowest BCUT2D eigenvalue weighted by atomic mass is 10.2. The molecule has 0 saturated heterocycles. The summed E-state index contributed by atoms with van der Waals surface area (Å²) < 4.78 is 1.56. The third-order valence-corrected chi connectivity index (χ3v) is 4.94. The normalized spacial score (nSPS) is 11.0. The molecule has 2 heterocycles. The zero-order valence-electron chi connectivity index (χ0n) is 14.1. The molecule has 0 unspecified atom stereocenters. The Morgan fingerprint density at radius 2 is 2.00 bits per heavy atom. The molecule has 0 aliphatic carbocycles. The number of aryl methyl sites for hydroxylation is 3. The number of carbonyl (C=O) groups is 1. The molecule has 7 heteroatoms. The van der Waals surface area contributed by atoms with E-state index in [1.807, 2.05) is 19.9 Å². The Bertz CT molecular complexity index is 777. The predicted molar refractivity (Wildman–Crippen MR) is 91.2 cm³/mol. The summed E-state index contributed by atoms with van der Waals surface area (Å²) in [6, 6.07) is 1.85. The van der Waals surface area contributed by atoms with Crippen molar-refractivity contribution in [1.29, 1.82) is 0 Å². The molecule has 0 aromatic carbocycles. The quantitative estimate of drug-likeness (QED) is 0.909. The second-order valence-electron chi connectivity index (χ2n) is 5.85. The first-order valence-corrected chi connectivity index (χ1v) is 8.42. The molecular weight excluding hydrogens is 312 g/mol. The van der Waals surface area contributed by atoms with Gasteiger partial charge in [-0.3, -0.25) is 9.36 Å². The van der Waals surface area contributed by atoms with E-state index in [4.69, 9.17) is 0 Å². The number of hydrogen-bond acceptors (Lipinski definition) is 5. The van der Waals surface area contributed by atoms with Gasteiger partial charge in [-0.2, -0.15) is 4.98 Å². The van der Waals surface area contributed by atoms with E-state index in [9.17, 15) is 9.59 Å². The highest BCUT2D eigenvalue weighted by molar-refractivity contribution is 7.13. The van der Waals surface area contributed by atoms with Gasteiger partial charge < -0.3 is 5.32 Å². The number of nitrogens with one attached hydrogen (secondary N) is 1. The van der Waals surface area contributed by atoms with Gasteiger partial charge in [0, 0.05) is 30.4 Å². The van der Waals surface area contributed by atoms with Crippen molar-refractivity contribution in [3.8, 4) is 0 Å². The molecule has 2 aromatic heterocycles. The summed E-state index contributed by atoms with van der Waals surface area (Å²) in [5, 5.41) is 3.81. The van der Waals surface area contributed by atoms with Gasteiger partial charge in [-0.1, -0.05) is 13.8 Å². The van der Waals surface area contributed by atoms with Crippen molar-refractivity contribution < 1.29 is 4.79 Å². The van der Waals surface area contributed by atoms with E-state index in [1.165, 1.54) is 11.3 Å². The molecule has 0 fully saturated rings. The highest BCUT2D eigenvalue weighted by Crippen LogP contribution is 2.24. The molecule has 0 aliphatic rings. The first-order valence-electron chi connectivity index (χ1n) is 7.60. The maximum atomic E-state index is 12.3. The van der Waals surface area contributed by atoms with Gasteiger partial charge in [-0.15, -0.1) is 11.3 Å². The standard InChI is InChI=1S/C16H22N4O2S/c1-9(2)15-19-12(5)13(23-15)14(21)17-6-7-20-11(4)8-10(3)18-16(20)22/h8-9H,6-7H2,1-5H3,(H,17,21). The second-order valence-corrected chi connectivity index (χ2v) is 6.88. The third kappa shape index (κ3) is 4.04. The second kappa shape index (κ2) is 7.04. The third-order valence-electron chi connectivity index (χ3n) is 3.48. The van der Waals surface area contributed by atoms with Gasteiger partial charge in [-0.25, -0.2) is 9.78 Å². The molecule has 0 atom stereocenters. The van der Waals surface area contributed by atoms with Gasteiger partial charge in [0.2, 0.25) is 0 Å². The van der Waals surface area contributed by atoms with Crippen LogP contribution in [0.5, 0.6) is 0 Å². The van der Waals surface area contributed by atoms with Gasteiger partial charge in [0.1, 0.15) is 4.88 Å². The Morgan fingerprint density at radius 1 is 1.30 bits per heavy atom. The molecule has 0 aliphatic heterocycles. The van der Waals surface area contributed by atoms with Gasteiger partial charge in [-0.05, 0) is 26.8 Å². The number of nitrogens with zero attached hydrogens (tertiary/aromatic N) is 3. The Hall–Kier alpha value is -2.02. The molecule has 1 N–H and O–H groups in total. The molecule has 2 aromatic rings. The van der Waals surface area contributed by atoms with Gasteiger partial charge >= 0.3 is 5.69 Å². The van der Waals surface area contributed by atoms with Crippen LogP contribution in [0.2, 0.25) is 0 Å². The summed E-state index contributed by atoms with van der Waals surface area (Å²) in [5.74, 6) is 0.165. The molecule has 0 spiro atoms. The fourth-order valence-corrected chi connectivity index (χ4v) is 3.27. The smallest absolute Gasteiger partial charge is 0.348 e. The Kier molecular flexibility index (Phi) is 5.30. The van der Waals surface area contributed by atoms with E-state index < -0.39 is 0 Å². The van der Waals surface area contributed by atoms with E-state index in [-0.39, 0.29) is 11.6 Å². The van der Waals surface area contributed by atoms with Crippen LogP contribution < -0.4 is 11.0 Å². The summed E-state index contributed by atoms with van der Waals surface area (Å²) in [6.07, 6.45) is 0. The van der Waals surface area contributed by atoms with Crippen LogP contribution in [-0.4, -0.2) is 27.0 Å². The molecule has 124 valence electrons. The molecule has 1 amide bonds. The van der Waals surface area contributed by atoms with Crippen molar-refractivity contribution >= 4 is 17.2 Å². The van der Waals surface area contributed by atoms with Crippen LogP contribution >= 0.6 is 11.3 Å². The zero-order valence-corrected chi connectivity index (χ0v) is 15.0. The van der Waals surface area contributed by atoms with Crippen molar-refractivity contribution in [3.63, 3.8) is 0 Å². The minimum absolute atomic E-state index is 0.141. The Balaban J connectivity index is 2.02. The largest absolute Gasteiger partial charge is 0.349 e. The van der Waals surface area contributed by atoms with E-state index in [0.29, 0.717) is 29.6 Å². The molecule has 0 bridgehead atoms. The number of amides is 1. The molecule has 2 rings (SSSR count). The summed E-state index contributed by atoms with van der Waals surface area (Å²) in [4.78, 5) is 33.1. The number of hydrogen-bond donors (Lipinski definition) is 1. The van der Waals surface area contributed by atoms with E-state index in [2.05, 4.69) is 29.1 Å². The first-order chi connectivity index (χ1) is 10.8. The lowest BCUT2D eigenvalue weighted by molar-refractivity contribution is 0.0955. The van der Waals surface area contributed by atoms with Crippen molar-refractivity contribution in [1.82, 2.24) is 19.9 Å². The summed E-state index contributed by atoms with van der Waals surface area (Å²) in [5.41, 5.74) is 2.01. The fourth-order valence-electron chi connectivity index (χ4n) is 2.28. The lowest BCUT2D eigenvalue weighted by Crippen LogP contribution is -2.33. The minimum atomic E-state index is -0.284.